The number of rotatable bonds is 7. The zero-order valence-corrected chi connectivity index (χ0v) is 21.5. The zero-order valence-electron chi connectivity index (χ0n) is 21.5. The molecule has 0 aliphatic carbocycles. The quantitative estimate of drug-likeness (QED) is 0.283. The largest absolute Gasteiger partial charge is 0.508 e. The molecule has 4 heterocycles. The maximum Gasteiger partial charge on any atom is 0.184 e. The predicted octanol–water partition coefficient (Wildman–Crippen LogP) is 4.48. The van der Waals surface area contributed by atoms with Crippen LogP contribution in [0.25, 0.3) is 39.1 Å². The second kappa shape index (κ2) is 9.90. The highest BCUT2D eigenvalue weighted by molar-refractivity contribution is 5.92. The summed E-state index contributed by atoms with van der Waals surface area (Å²) < 4.78 is 16.0. The molecule has 0 spiro atoms. The zero-order chi connectivity index (χ0) is 27.1. The minimum Gasteiger partial charge on any atom is -0.508 e. The Labute approximate surface area is 223 Å². The van der Waals surface area contributed by atoms with Gasteiger partial charge >= 0.3 is 0 Å². The van der Waals surface area contributed by atoms with Gasteiger partial charge in [0.1, 0.15) is 17.9 Å². The molecule has 0 amide bonds. The minimum absolute atomic E-state index is 0.183. The van der Waals surface area contributed by atoms with Crippen LogP contribution in [0.1, 0.15) is 22.9 Å². The van der Waals surface area contributed by atoms with Crippen LogP contribution in [-0.2, 0) is 13.0 Å². The van der Waals surface area contributed by atoms with Crippen LogP contribution in [0.5, 0.6) is 5.75 Å². The molecule has 0 aliphatic heterocycles. The second-order valence-corrected chi connectivity index (χ2v) is 9.87. The van der Waals surface area contributed by atoms with Crippen molar-refractivity contribution in [2.75, 3.05) is 14.1 Å². The van der Waals surface area contributed by atoms with Crippen LogP contribution >= 0.6 is 0 Å². The van der Waals surface area contributed by atoms with Gasteiger partial charge < -0.3 is 15.7 Å². The number of H-pyrrole nitrogens is 1. The molecule has 0 bridgehead atoms. The Morgan fingerprint density at radius 1 is 1.05 bits per heavy atom. The second-order valence-electron chi connectivity index (χ2n) is 9.87. The molecule has 10 heteroatoms. The number of benzene rings is 2. The van der Waals surface area contributed by atoms with E-state index in [1.807, 2.05) is 36.8 Å². The third-order valence-electron chi connectivity index (χ3n) is 6.68. The molecule has 0 fully saturated rings. The van der Waals surface area contributed by atoms with Crippen LogP contribution in [0.15, 0.2) is 73.2 Å². The van der Waals surface area contributed by atoms with E-state index in [4.69, 9.17) is 5.73 Å². The van der Waals surface area contributed by atoms with Crippen molar-refractivity contribution in [1.29, 1.82) is 0 Å². The Kier molecular flexibility index (Phi) is 6.26. The van der Waals surface area contributed by atoms with E-state index in [9.17, 15) is 9.50 Å². The standard InChI is InChI=1S/C29H27FN8O/c1-37(2)15-17-5-3-6-18(9-17)28-23(13-21-7-4-8-34-38(21)28)24(31)14-25-26-27(35-36-29(26)33-16-32-25)19-10-20(30)12-22(39)11-19/h3-13,16,24,39H,14-15,31H2,1-2H3,(H,32,33,35,36). The number of hydrogen-bond donors (Lipinski definition) is 3. The monoisotopic (exact) mass is 522 g/mol. The lowest BCUT2D eigenvalue weighted by Crippen LogP contribution is -2.15. The number of nitrogens with one attached hydrogen (secondary N) is 1. The summed E-state index contributed by atoms with van der Waals surface area (Å²) in [6.45, 7) is 0.809. The van der Waals surface area contributed by atoms with E-state index in [-0.39, 0.29) is 5.75 Å². The van der Waals surface area contributed by atoms with Crippen molar-refractivity contribution in [1.82, 2.24) is 34.7 Å². The Balaban J connectivity index is 1.45. The van der Waals surface area contributed by atoms with E-state index in [0.717, 1.165) is 34.9 Å². The van der Waals surface area contributed by atoms with Gasteiger partial charge in [0.2, 0.25) is 0 Å². The molecule has 9 nitrogen and oxygen atoms in total. The van der Waals surface area contributed by atoms with Crippen molar-refractivity contribution in [2.24, 2.45) is 5.73 Å². The lowest BCUT2D eigenvalue weighted by molar-refractivity contribution is 0.402. The average molecular weight is 523 g/mol. The summed E-state index contributed by atoms with van der Waals surface area (Å²) in [5.41, 5.74) is 13.9. The summed E-state index contributed by atoms with van der Waals surface area (Å²) in [5, 5.41) is 22.4. The third kappa shape index (κ3) is 4.71. The molecule has 196 valence electrons. The summed E-state index contributed by atoms with van der Waals surface area (Å²) in [6, 6.07) is 17.8. The van der Waals surface area contributed by atoms with Gasteiger partial charge in [-0.1, -0.05) is 18.2 Å². The molecular weight excluding hydrogens is 495 g/mol. The highest BCUT2D eigenvalue weighted by atomic mass is 19.1. The van der Waals surface area contributed by atoms with Crippen LogP contribution in [0.2, 0.25) is 0 Å². The molecule has 0 aliphatic rings. The van der Waals surface area contributed by atoms with Gasteiger partial charge in [-0.25, -0.2) is 18.9 Å². The molecule has 39 heavy (non-hydrogen) atoms. The lowest BCUT2D eigenvalue weighted by atomic mass is 9.96. The Hall–Kier alpha value is -4.67. The molecule has 1 unspecified atom stereocenters. The summed E-state index contributed by atoms with van der Waals surface area (Å²) in [7, 11) is 4.08. The minimum atomic E-state index is -0.558. The summed E-state index contributed by atoms with van der Waals surface area (Å²) in [4.78, 5) is 10.9. The number of phenolic OH excluding ortho intramolecular Hbond substituents is 1. The first-order valence-electron chi connectivity index (χ1n) is 12.5. The number of halogens is 1. The van der Waals surface area contributed by atoms with Gasteiger partial charge in [-0.2, -0.15) is 10.2 Å². The predicted molar refractivity (Wildman–Crippen MR) is 147 cm³/mol. The van der Waals surface area contributed by atoms with Crippen molar-refractivity contribution < 1.29 is 9.50 Å². The number of aromatic amines is 1. The first-order chi connectivity index (χ1) is 18.9. The number of aromatic hydroxyl groups is 1. The maximum absolute atomic E-state index is 14.1. The normalized spacial score (nSPS) is 12.5. The third-order valence-corrected chi connectivity index (χ3v) is 6.68. The first kappa shape index (κ1) is 24.7. The van der Waals surface area contributed by atoms with E-state index < -0.39 is 11.9 Å². The van der Waals surface area contributed by atoms with Crippen molar-refractivity contribution in [3.05, 3.63) is 95.8 Å². The van der Waals surface area contributed by atoms with Gasteiger partial charge in [0.25, 0.3) is 0 Å². The molecule has 4 aromatic heterocycles. The van der Waals surface area contributed by atoms with E-state index in [1.54, 1.807) is 6.20 Å². The molecule has 0 radical (unpaired) electrons. The van der Waals surface area contributed by atoms with Gasteiger partial charge in [0, 0.05) is 42.4 Å². The SMILES string of the molecule is CN(C)Cc1cccc(-c2c(C(N)Cc3ncnc4n[nH]c(-c5cc(O)cc(F)c5)c34)cc3cccnn23)c1. The fraction of sp³-hybridized carbons (Fsp3) is 0.172. The molecule has 0 saturated carbocycles. The number of fused-ring (bicyclic) bond motifs is 2. The smallest absolute Gasteiger partial charge is 0.184 e. The van der Waals surface area contributed by atoms with E-state index in [1.165, 1.54) is 24.0 Å². The highest BCUT2D eigenvalue weighted by Gasteiger charge is 2.23. The van der Waals surface area contributed by atoms with E-state index in [0.29, 0.717) is 34.4 Å². The maximum atomic E-state index is 14.1. The fourth-order valence-electron chi connectivity index (χ4n) is 5.10. The number of aromatic nitrogens is 6. The van der Waals surface area contributed by atoms with Crippen molar-refractivity contribution in [3.63, 3.8) is 0 Å². The molecule has 6 rings (SSSR count). The van der Waals surface area contributed by atoms with Gasteiger partial charge in [0.15, 0.2) is 5.65 Å². The molecule has 0 saturated heterocycles. The van der Waals surface area contributed by atoms with Crippen LogP contribution in [0, 0.1) is 5.82 Å². The number of nitrogens with two attached hydrogens (primary N) is 1. The van der Waals surface area contributed by atoms with Crippen LogP contribution in [-0.4, -0.2) is 53.9 Å². The highest BCUT2D eigenvalue weighted by Crippen LogP contribution is 2.35. The van der Waals surface area contributed by atoms with Crippen LogP contribution < -0.4 is 5.73 Å². The Bertz CT molecular complexity index is 1790. The van der Waals surface area contributed by atoms with E-state index >= 15 is 0 Å². The molecule has 2 aromatic carbocycles. The fourth-order valence-corrected chi connectivity index (χ4v) is 5.10. The van der Waals surface area contributed by atoms with Crippen molar-refractivity contribution in [3.8, 4) is 28.3 Å². The number of nitrogens with zero attached hydrogens (tertiary/aromatic N) is 6. The van der Waals surface area contributed by atoms with Crippen molar-refractivity contribution >= 4 is 16.6 Å². The first-order valence-corrected chi connectivity index (χ1v) is 12.5. The topological polar surface area (TPSA) is 121 Å². The molecular formula is C29H27FN8O. The summed E-state index contributed by atoms with van der Waals surface area (Å²) in [6.07, 6.45) is 3.57. The lowest BCUT2D eigenvalue weighted by Gasteiger charge is -2.15. The van der Waals surface area contributed by atoms with Gasteiger partial charge in [-0.05, 0) is 61.6 Å². The summed E-state index contributed by atoms with van der Waals surface area (Å²) >= 11 is 0. The average Bonchev–Trinajstić information content (AvgIpc) is 3.51. The molecule has 4 N–H and O–H groups in total. The van der Waals surface area contributed by atoms with Crippen molar-refractivity contribution in [2.45, 2.75) is 19.0 Å². The van der Waals surface area contributed by atoms with E-state index in [2.05, 4.69) is 54.4 Å². The Morgan fingerprint density at radius 3 is 2.74 bits per heavy atom. The van der Waals surface area contributed by atoms with Crippen LogP contribution in [0.4, 0.5) is 4.39 Å². The number of hydrogen-bond acceptors (Lipinski definition) is 7. The molecule has 1 atom stereocenters. The summed E-state index contributed by atoms with van der Waals surface area (Å²) in [5.74, 6) is -0.742. The Morgan fingerprint density at radius 2 is 1.92 bits per heavy atom. The van der Waals surface area contributed by atoms with Gasteiger partial charge in [-0.3, -0.25) is 5.10 Å². The van der Waals surface area contributed by atoms with Gasteiger partial charge in [-0.15, -0.1) is 0 Å². The van der Waals surface area contributed by atoms with Crippen LogP contribution in [0.3, 0.4) is 0 Å². The van der Waals surface area contributed by atoms with Gasteiger partial charge in [0.05, 0.1) is 28.0 Å². The molecule has 6 aromatic rings. The number of phenols is 1.